The molecule has 28 heavy (non-hydrogen) atoms. The van der Waals surface area contributed by atoms with Gasteiger partial charge in [-0.1, -0.05) is 12.1 Å². The Labute approximate surface area is 166 Å². The molecule has 0 atom stereocenters. The number of allylic oxidation sites excluding steroid dienone is 1. The summed E-state index contributed by atoms with van der Waals surface area (Å²) in [5, 5.41) is 1.05. The maximum absolute atomic E-state index is 4.71. The van der Waals surface area contributed by atoms with E-state index in [1.54, 1.807) is 6.33 Å². The number of hydrogen-bond acceptors (Lipinski definition) is 5. The summed E-state index contributed by atoms with van der Waals surface area (Å²) in [6, 6.07) is 8.67. The highest BCUT2D eigenvalue weighted by Gasteiger charge is 2.16. The van der Waals surface area contributed by atoms with Crippen LogP contribution in [0.3, 0.4) is 0 Å². The van der Waals surface area contributed by atoms with Gasteiger partial charge in [0.15, 0.2) is 0 Å². The Bertz CT molecular complexity index is 1000. The Hall–Kier alpha value is -2.63. The van der Waals surface area contributed by atoms with Crippen molar-refractivity contribution in [2.75, 3.05) is 33.2 Å². The lowest BCUT2D eigenvalue weighted by molar-refractivity contribution is 0.148. The Morgan fingerprint density at radius 2 is 1.89 bits per heavy atom. The van der Waals surface area contributed by atoms with Gasteiger partial charge in [0.2, 0.25) is 0 Å². The highest BCUT2D eigenvalue weighted by Crippen LogP contribution is 2.28. The topological polar surface area (TPSA) is 45.2 Å². The molecular weight excluding hydrogens is 346 g/mol. The van der Waals surface area contributed by atoms with Gasteiger partial charge in [-0.3, -0.25) is 9.88 Å². The van der Waals surface area contributed by atoms with E-state index in [1.807, 2.05) is 12.4 Å². The molecule has 144 valence electrons. The first-order valence-corrected chi connectivity index (χ1v) is 9.87. The second-order valence-corrected chi connectivity index (χ2v) is 7.55. The summed E-state index contributed by atoms with van der Waals surface area (Å²) in [6.45, 7) is 9.62. The van der Waals surface area contributed by atoms with Crippen LogP contribution in [0.15, 0.2) is 49.1 Å². The van der Waals surface area contributed by atoms with Gasteiger partial charge in [-0.05, 0) is 55.8 Å². The molecule has 0 N–H and O–H groups in total. The molecule has 0 unspecified atom stereocenters. The maximum atomic E-state index is 4.71. The van der Waals surface area contributed by atoms with Crippen molar-refractivity contribution in [2.45, 2.75) is 20.4 Å². The second-order valence-electron chi connectivity index (χ2n) is 7.55. The zero-order valence-electron chi connectivity index (χ0n) is 16.9. The van der Waals surface area contributed by atoms with E-state index in [0.717, 1.165) is 49.3 Å². The minimum atomic E-state index is 0.955. The van der Waals surface area contributed by atoms with Crippen LogP contribution in [-0.2, 0) is 6.54 Å². The number of pyridine rings is 1. The molecule has 2 aromatic heterocycles. The molecule has 5 heteroatoms. The molecule has 0 bridgehead atoms. The van der Waals surface area contributed by atoms with E-state index in [9.17, 15) is 0 Å². The first-order valence-electron chi connectivity index (χ1n) is 9.87. The van der Waals surface area contributed by atoms with Gasteiger partial charge in [0, 0.05) is 61.8 Å². The number of likely N-dealkylation sites (N-methyl/N-ethyl adjacent to an activating group) is 1. The number of rotatable bonds is 4. The first kappa shape index (κ1) is 18.7. The van der Waals surface area contributed by atoms with Gasteiger partial charge >= 0.3 is 0 Å². The highest BCUT2D eigenvalue weighted by atomic mass is 15.2. The molecule has 1 aromatic carbocycles. The van der Waals surface area contributed by atoms with Crippen molar-refractivity contribution in [3.05, 3.63) is 71.4 Å². The number of piperazine rings is 1. The molecule has 1 fully saturated rings. The monoisotopic (exact) mass is 373 g/mol. The molecule has 0 amide bonds. The van der Waals surface area contributed by atoms with E-state index in [0.29, 0.717) is 0 Å². The maximum Gasteiger partial charge on any atom is 0.116 e. The number of fused-ring (bicyclic) bond motifs is 1. The van der Waals surface area contributed by atoms with Gasteiger partial charge in [-0.15, -0.1) is 0 Å². The molecule has 1 aliphatic heterocycles. The first-order chi connectivity index (χ1) is 13.6. The Balaban J connectivity index is 1.64. The molecule has 5 nitrogen and oxygen atoms in total. The van der Waals surface area contributed by atoms with Crippen LogP contribution in [0.25, 0.3) is 16.5 Å². The van der Waals surface area contributed by atoms with Crippen LogP contribution < -0.4 is 0 Å². The van der Waals surface area contributed by atoms with Gasteiger partial charge in [0.1, 0.15) is 6.33 Å². The third-order valence-corrected chi connectivity index (χ3v) is 5.54. The lowest BCUT2D eigenvalue weighted by Crippen LogP contribution is -2.43. The number of hydrogen-bond donors (Lipinski definition) is 0. The number of nitrogens with zero attached hydrogens (tertiary/aromatic N) is 5. The Morgan fingerprint density at radius 3 is 2.68 bits per heavy atom. The van der Waals surface area contributed by atoms with Crippen molar-refractivity contribution in [2.24, 2.45) is 0 Å². The molecule has 1 saturated heterocycles. The summed E-state index contributed by atoms with van der Waals surface area (Å²) >= 11 is 0. The lowest BCUT2D eigenvalue weighted by Gasteiger charge is -2.32. The van der Waals surface area contributed by atoms with Crippen LogP contribution in [0.2, 0.25) is 0 Å². The van der Waals surface area contributed by atoms with E-state index in [4.69, 9.17) is 4.98 Å². The van der Waals surface area contributed by atoms with Crippen LogP contribution in [0.4, 0.5) is 0 Å². The van der Waals surface area contributed by atoms with Crippen molar-refractivity contribution >= 4 is 16.5 Å². The quantitative estimate of drug-likeness (QED) is 0.700. The fourth-order valence-electron chi connectivity index (χ4n) is 3.83. The van der Waals surface area contributed by atoms with E-state index < -0.39 is 0 Å². The third-order valence-electron chi connectivity index (χ3n) is 5.54. The number of benzene rings is 1. The second kappa shape index (κ2) is 8.17. The van der Waals surface area contributed by atoms with E-state index in [1.165, 1.54) is 22.3 Å². The molecular formula is C23H27N5. The minimum absolute atomic E-state index is 0.955. The van der Waals surface area contributed by atoms with Crippen LogP contribution >= 0.6 is 0 Å². The van der Waals surface area contributed by atoms with E-state index >= 15 is 0 Å². The summed E-state index contributed by atoms with van der Waals surface area (Å²) in [6.07, 6.45) is 7.66. The lowest BCUT2D eigenvalue weighted by atomic mass is 9.94. The molecule has 0 aliphatic carbocycles. The fraction of sp³-hybridized carbons (Fsp3) is 0.348. The molecule has 1 aliphatic rings. The van der Waals surface area contributed by atoms with Gasteiger partial charge in [0.25, 0.3) is 0 Å². The molecule has 3 aromatic rings. The smallest absolute Gasteiger partial charge is 0.116 e. The zero-order chi connectivity index (χ0) is 19.5. The van der Waals surface area contributed by atoms with Crippen LogP contribution in [-0.4, -0.2) is 58.0 Å². The number of aryl methyl sites for hydroxylation is 1. The summed E-state index contributed by atoms with van der Waals surface area (Å²) in [7, 11) is 2.19. The van der Waals surface area contributed by atoms with Crippen molar-refractivity contribution in [3.63, 3.8) is 0 Å². The van der Waals surface area contributed by atoms with Crippen molar-refractivity contribution in [3.8, 4) is 0 Å². The van der Waals surface area contributed by atoms with Crippen molar-refractivity contribution in [1.82, 2.24) is 24.8 Å². The highest BCUT2D eigenvalue weighted by molar-refractivity contribution is 5.87. The standard InChI is InChI=1S/C23H27N5/c1-4-21(19-5-6-23-20(12-19)14-24-16-26-23)22-11-18(13-25-17(22)2)15-28-9-7-27(3)8-10-28/h4-6,11-14,16H,7-10,15H2,1-3H3/b21-4-. The molecule has 4 rings (SSSR count). The molecule has 0 saturated carbocycles. The fourth-order valence-corrected chi connectivity index (χ4v) is 3.83. The van der Waals surface area contributed by atoms with Crippen molar-refractivity contribution in [1.29, 1.82) is 0 Å². The summed E-state index contributed by atoms with van der Waals surface area (Å²) in [5.74, 6) is 0. The molecule has 0 radical (unpaired) electrons. The largest absolute Gasteiger partial charge is 0.304 e. The SMILES string of the molecule is C/C=C(/c1ccc2ncncc2c1)c1cc(CN2CCN(C)CC2)cnc1C. The minimum Gasteiger partial charge on any atom is -0.304 e. The summed E-state index contributed by atoms with van der Waals surface area (Å²) < 4.78 is 0. The van der Waals surface area contributed by atoms with Crippen LogP contribution in [0.5, 0.6) is 0 Å². The van der Waals surface area contributed by atoms with Gasteiger partial charge < -0.3 is 4.90 Å². The van der Waals surface area contributed by atoms with E-state index in [-0.39, 0.29) is 0 Å². The predicted molar refractivity (Wildman–Crippen MR) is 114 cm³/mol. The normalized spacial score (nSPS) is 16.6. The van der Waals surface area contributed by atoms with Crippen LogP contribution in [0.1, 0.15) is 29.3 Å². The third kappa shape index (κ3) is 3.96. The predicted octanol–water partition coefficient (Wildman–Crippen LogP) is 3.53. The van der Waals surface area contributed by atoms with Gasteiger partial charge in [-0.25, -0.2) is 9.97 Å². The Morgan fingerprint density at radius 1 is 1.07 bits per heavy atom. The van der Waals surface area contributed by atoms with E-state index in [2.05, 4.69) is 71.0 Å². The average Bonchev–Trinajstić information content (AvgIpc) is 2.72. The molecule has 0 spiro atoms. The zero-order valence-corrected chi connectivity index (χ0v) is 16.9. The Kier molecular flexibility index (Phi) is 5.46. The number of aromatic nitrogens is 3. The molecule has 3 heterocycles. The summed E-state index contributed by atoms with van der Waals surface area (Å²) in [5.41, 5.74) is 6.87. The average molecular weight is 374 g/mol. The van der Waals surface area contributed by atoms with Crippen LogP contribution in [0, 0.1) is 6.92 Å². The van der Waals surface area contributed by atoms with Crippen molar-refractivity contribution < 1.29 is 0 Å². The van der Waals surface area contributed by atoms with Gasteiger partial charge in [-0.2, -0.15) is 0 Å². The van der Waals surface area contributed by atoms with Gasteiger partial charge in [0.05, 0.1) is 5.52 Å². The summed E-state index contributed by atoms with van der Waals surface area (Å²) in [4.78, 5) is 18.1.